The Hall–Kier alpha value is -2.14. The lowest BCUT2D eigenvalue weighted by atomic mass is 10.2. The molecule has 6 heteroatoms. The summed E-state index contributed by atoms with van der Waals surface area (Å²) in [5.74, 6) is 0.228. The van der Waals surface area contributed by atoms with Crippen LogP contribution in [0.4, 0.5) is 11.4 Å². The number of nitrogens with two attached hydrogens (primary N) is 1. The predicted octanol–water partition coefficient (Wildman–Crippen LogP) is 2.51. The zero-order valence-electron chi connectivity index (χ0n) is 9.66. The van der Waals surface area contributed by atoms with E-state index in [9.17, 15) is 4.79 Å². The molecule has 1 aromatic heterocycles. The third-order valence-corrected chi connectivity index (χ3v) is 2.60. The fourth-order valence-corrected chi connectivity index (χ4v) is 1.65. The van der Waals surface area contributed by atoms with E-state index in [1.807, 2.05) is 0 Å². The standard InChI is InChI=1S/C12H12ClN3O2/c1-18-11-5-8(2-3-9(11)14)16-12(17)10-4-7(13)6-15-10/h2-6,15H,14H2,1H3,(H,16,17). The minimum atomic E-state index is -0.284. The van der Waals surface area contributed by atoms with Crippen LogP contribution in [-0.4, -0.2) is 18.0 Å². The Morgan fingerprint density at radius 3 is 2.83 bits per heavy atom. The first-order chi connectivity index (χ1) is 8.60. The third-order valence-electron chi connectivity index (χ3n) is 2.38. The first-order valence-corrected chi connectivity index (χ1v) is 5.56. The third kappa shape index (κ3) is 2.57. The molecule has 0 aliphatic rings. The quantitative estimate of drug-likeness (QED) is 0.746. The van der Waals surface area contributed by atoms with Crippen molar-refractivity contribution >= 4 is 28.9 Å². The van der Waals surface area contributed by atoms with E-state index in [-0.39, 0.29) is 5.91 Å². The van der Waals surface area contributed by atoms with Crippen molar-refractivity contribution in [2.24, 2.45) is 0 Å². The summed E-state index contributed by atoms with van der Waals surface area (Å²) in [7, 11) is 1.52. The Kier molecular flexibility index (Phi) is 3.43. The maximum atomic E-state index is 11.8. The van der Waals surface area contributed by atoms with E-state index in [0.717, 1.165) is 0 Å². The molecular formula is C12H12ClN3O2. The second-order valence-corrected chi connectivity index (χ2v) is 4.08. The number of halogens is 1. The summed E-state index contributed by atoms with van der Waals surface area (Å²) in [5, 5.41) is 3.19. The van der Waals surface area contributed by atoms with Gasteiger partial charge in [0.2, 0.25) is 0 Å². The van der Waals surface area contributed by atoms with Gasteiger partial charge in [-0.2, -0.15) is 0 Å². The normalized spacial score (nSPS) is 10.1. The number of nitrogen functional groups attached to an aromatic ring is 1. The van der Waals surface area contributed by atoms with Crippen molar-refractivity contribution < 1.29 is 9.53 Å². The number of hydrogen-bond donors (Lipinski definition) is 3. The first kappa shape index (κ1) is 12.3. The fraction of sp³-hybridized carbons (Fsp3) is 0.0833. The van der Waals surface area contributed by atoms with Gasteiger partial charge >= 0.3 is 0 Å². The van der Waals surface area contributed by atoms with Crippen LogP contribution in [0.15, 0.2) is 30.5 Å². The maximum Gasteiger partial charge on any atom is 0.272 e. The molecule has 0 radical (unpaired) electrons. The number of anilines is 2. The summed E-state index contributed by atoms with van der Waals surface area (Å²) in [6, 6.07) is 6.56. The van der Waals surface area contributed by atoms with Crippen molar-refractivity contribution in [3.63, 3.8) is 0 Å². The van der Waals surface area contributed by atoms with Crippen molar-refractivity contribution in [1.82, 2.24) is 4.98 Å². The van der Waals surface area contributed by atoms with Crippen LogP contribution in [0.25, 0.3) is 0 Å². The number of rotatable bonds is 3. The van der Waals surface area contributed by atoms with E-state index in [1.165, 1.54) is 7.11 Å². The lowest BCUT2D eigenvalue weighted by Gasteiger charge is -2.08. The molecule has 18 heavy (non-hydrogen) atoms. The van der Waals surface area contributed by atoms with Crippen molar-refractivity contribution in [2.75, 3.05) is 18.2 Å². The Labute approximate surface area is 109 Å². The fourth-order valence-electron chi connectivity index (χ4n) is 1.49. The minimum Gasteiger partial charge on any atom is -0.495 e. The largest absolute Gasteiger partial charge is 0.495 e. The maximum absolute atomic E-state index is 11.8. The number of aromatic amines is 1. The second kappa shape index (κ2) is 5.01. The number of nitrogens with one attached hydrogen (secondary N) is 2. The topological polar surface area (TPSA) is 80.1 Å². The SMILES string of the molecule is COc1cc(NC(=O)c2cc(Cl)c[nH]2)ccc1N. The van der Waals surface area contributed by atoms with Gasteiger partial charge in [-0.05, 0) is 18.2 Å². The molecule has 5 nitrogen and oxygen atoms in total. The molecule has 0 bridgehead atoms. The van der Waals surface area contributed by atoms with Crippen LogP contribution in [0.5, 0.6) is 5.75 Å². The molecule has 0 aliphatic heterocycles. The molecule has 1 aromatic carbocycles. The molecule has 0 aliphatic carbocycles. The lowest BCUT2D eigenvalue weighted by molar-refractivity contribution is 0.102. The van der Waals surface area contributed by atoms with E-state index in [2.05, 4.69) is 10.3 Å². The lowest BCUT2D eigenvalue weighted by Crippen LogP contribution is -2.12. The van der Waals surface area contributed by atoms with Crippen LogP contribution in [-0.2, 0) is 0 Å². The number of H-pyrrole nitrogens is 1. The summed E-state index contributed by atoms with van der Waals surface area (Å²) in [6.45, 7) is 0. The van der Waals surface area contributed by atoms with Crippen LogP contribution in [0, 0.1) is 0 Å². The smallest absolute Gasteiger partial charge is 0.272 e. The molecule has 0 unspecified atom stereocenters. The van der Waals surface area contributed by atoms with Gasteiger partial charge in [0.1, 0.15) is 11.4 Å². The van der Waals surface area contributed by atoms with Crippen LogP contribution < -0.4 is 15.8 Å². The zero-order valence-corrected chi connectivity index (χ0v) is 10.4. The summed E-state index contributed by atoms with van der Waals surface area (Å²) in [6.07, 6.45) is 1.54. The van der Waals surface area contributed by atoms with Gasteiger partial charge in [0.15, 0.2) is 0 Å². The highest BCUT2D eigenvalue weighted by Gasteiger charge is 2.09. The molecule has 0 fully saturated rings. The van der Waals surface area contributed by atoms with E-state index in [4.69, 9.17) is 22.1 Å². The number of carbonyl (C=O) groups is 1. The first-order valence-electron chi connectivity index (χ1n) is 5.19. The highest BCUT2D eigenvalue weighted by atomic mass is 35.5. The van der Waals surface area contributed by atoms with Crippen molar-refractivity contribution in [2.45, 2.75) is 0 Å². The molecule has 2 rings (SSSR count). The molecular weight excluding hydrogens is 254 g/mol. The van der Waals surface area contributed by atoms with Crippen molar-refractivity contribution in [3.05, 3.63) is 41.2 Å². The molecule has 4 N–H and O–H groups in total. The summed E-state index contributed by atoms with van der Waals surface area (Å²) in [5.41, 5.74) is 7.18. The van der Waals surface area contributed by atoms with Crippen LogP contribution in [0.1, 0.15) is 10.5 Å². The van der Waals surface area contributed by atoms with Gasteiger partial charge in [-0.3, -0.25) is 4.79 Å². The second-order valence-electron chi connectivity index (χ2n) is 3.64. The predicted molar refractivity (Wildman–Crippen MR) is 71.2 cm³/mol. The Morgan fingerprint density at radius 2 is 2.22 bits per heavy atom. The Morgan fingerprint density at radius 1 is 1.44 bits per heavy atom. The van der Waals surface area contributed by atoms with Gasteiger partial charge in [0, 0.05) is 18.0 Å². The van der Waals surface area contributed by atoms with Gasteiger partial charge in [-0.15, -0.1) is 0 Å². The highest BCUT2D eigenvalue weighted by molar-refractivity contribution is 6.31. The van der Waals surface area contributed by atoms with E-state index in [0.29, 0.717) is 27.8 Å². The number of ether oxygens (including phenoxy) is 1. The molecule has 0 spiro atoms. The summed E-state index contributed by atoms with van der Waals surface area (Å²) >= 11 is 5.73. The molecule has 1 amide bonds. The molecule has 94 valence electrons. The van der Waals surface area contributed by atoms with Crippen molar-refractivity contribution in [1.29, 1.82) is 0 Å². The summed E-state index contributed by atoms with van der Waals surface area (Å²) in [4.78, 5) is 14.6. The highest BCUT2D eigenvalue weighted by Crippen LogP contribution is 2.25. The van der Waals surface area contributed by atoms with Crippen LogP contribution in [0.3, 0.4) is 0 Å². The van der Waals surface area contributed by atoms with Gasteiger partial charge in [0.05, 0.1) is 17.8 Å². The molecule has 2 aromatic rings. The van der Waals surface area contributed by atoms with Gasteiger partial charge in [0.25, 0.3) is 5.91 Å². The molecule has 1 heterocycles. The van der Waals surface area contributed by atoms with Gasteiger partial charge in [-0.1, -0.05) is 11.6 Å². The van der Waals surface area contributed by atoms with Gasteiger partial charge < -0.3 is 20.8 Å². The van der Waals surface area contributed by atoms with E-state index >= 15 is 0 Å². The zero-order chi connectivity index (χ0) is 13.1. The average Bonchev–Trinajstić information content (AvgIpc) is 2.78. The number of carbonyl (C=O) groups excluding carboxylic acids is 1. The number of methoxy groups -OCH3 is 1. The minimum absolute atomic E-state index is 0.284. The van der Waals surface area contributed by atoms with E-state index < -0.39 is 0 Å². The van der Waals surface area contributed by atoms with E-state index in [1.54, 1.807) is 30.5 Å². The van der Waals surface area contributed by atoms with Crippen LogP contribution >= 0.6 is 11.6 Å². The summed E-state index contributed by atoms with van der Waals surface area (Å²) < 4.78 is 5.07. The molecule has 0 saturated heterocycles. The number of benzene rings is 1. The number of amides is 1. The number of hydrogen-bond acceptors (Lipinski definition) is 3. The monoisotopic (exact) mass is 265 g/mol. The average molecular weight is 266 g/mol. The Balaban J connectivity index is 2.16. The van der Waals surface area contributed by atoms with Crippen molar-refractivity contribution in [3.8, 4) is 5.75 Å². The number of aromatic nitrogens is 1. The van der Waals surface area contributed by atoms with Gasteiger partial charge in [-0.25, -0.2) is 0 Å². The van der Waals surface area contributed by atoms with Crippen LogP contribution in [0.2, 0.25) is 5.02 Å². The Bertz CT molecular complexity index is 580. The molecule has 0 atom stereocenters. The molecule has 0 saturated carbocycles.